The highest BCUT2D eigenvalue weighted by atomic mass is 16.5. The number of rotatable bonds is 9. The van der Waals surface area contributed by atoms with E-state index in [-0.39, 0.29) is 36.8 Å². The first-order valence-electron chi connectivity index (χ1n) is 12.2. The molecule has 1 fully saturated rings. The molecule has 1 heterocycles. The molecule has 0 spiro atoms. The van der Waals surface area contributed by atoms with Crippen molar-refractivity contribution in [3.05, 3.63) is 48.0 Å². The van der Waals surface area contributed by atoms with E-state index in [2.05, 4.69) is 12.2 Å². The van der Waals surface area contributed by atoms with Crippen LogP contribution in [-0.2, 0) is 25.5 Å². The van der Waals surface area contributed by atoms with Gasteiger partial charge in [0.15, 0.2) is 0 Å². The minimum atomic E-state index is -0.394. The van der Waals surface area contributed by atoms with Crippen molar-refractivity contribution in [1.29, 1.82) is 0 Å². The van der Waals surface area contributed by atoms with Gasteiger partial charge in [0.05, 0.1) is 12.6 Å². The normalized spacial score (nSPS) is 21.1. The fourth-order valence-corrected chi connectivity index (χ4v) is 4.51. The van der Waals surface area contributed by atoms with Gasteiger partial charge in [-0.15, -0.1) is 0 Å². The number of carbonyl (C=O) groups is 3. The molecule has 1 aliphatic carbocycles. The van der Waals surface area contributed by atoms with Crippen LogP contribution in [0.25, 0.3) is 0 Å². The summed E-state index contributed by atoms with van der Waals surface area (Å²) in [5, 5.41) is 0. The van der Waals surface area contributed by atoms with Crippen molar-refractivity contribution in [2.45, 2.75) is 45.6 Å². The van der Waals surface area contributed by atoms with Gasteiger partial charge < -0.3 is 19.4 Å². The van der Waals surface area contributed by atoms with Gasteiger partial charge in [0, 0.05) is 38.6 Å². The van der Waals surface area contributed by atoms with Crippen LogP contribution in [0.3, 0.4) is 0 Å². The Labute approximate surface area is 197 Å². The highest BCUT2D eigenvalue weighted by Crippen LogP contribution is 2.22. The number of carbonyl (C=O) groups excluding carboxylic acids is 3. The van der Waals surface area contributed by atoms with Crippen LogP contribution in [0.4, 0.5) is 0 Å². The predicted octanol–water partition coefficient (Wildman–Crippen LogP) is 2.51. The van der Waals surface area contributed by atoms with Crippen LogP contribution in [0.5, 0.6) is 0 Å². The van der Waals surface area contributed by atoms with E-state index in [9.17, 15) is 14.4 Å². The van der Waals surface area contributed by atoms with E-state index in [1.807, 2.05) is 44.2 Å². The van der Waals surface area contributed by atoms with E-state index in [1.165, 1.54) is 0 Å². The van der Waals surface area contributed by atoms with Gasteiger partial charge in [-0.2, -0.15) is 0 Å². The van der Waals surface area contributed by atoms with Crippen molar-refractivity contribution >= 4 is 17.7 Å². The molecule has 1 aromatic rings. The average molecular weight is 456 g/mol. The third kappa shape index (κ3) is 7.16. The fraction of sp³-hybridized carbons (Fsp3) is 0.577. The molecule has 0 unspecified atom stereocenters. The first-order chi connectivity index (χ1) is 16.0. The third-order valence-electron chi connectivity index (χ3n) is 6.53. The van der Waals surface area contributed by atoms with E-state index in [0.29, 0.717) is 39.1 Å². The summed E-state index contributed by atoms with van der Waals surface area (Å²) < 4.78 is 6.01. The summed E-state index contributed by atoms with van der Waals surface area (Å²) in [4.78, 5) is 44.0. The zero-order valence-electron chi connectivity index (χ0n) is 19.9. The molecule has 7 heteroatoms. The lowest BCUT2D eigenvalue weighted by Gasteiger charge is -2.28. The summed E-state index contributed by atoms with van der Waals surface area (Å²) >= 11 is 0. The Hall–Kier alpha value is -2.67. The second-order valence-corrected chi connectivity index (χ2v) is 8.77. The number of ether oxygens (including phenoxy) is 1. The van der Waals surface area contributed by atoms with Gasteiger partial charge in [0.1, 0.15) is 6.61 Å². The third-order valence-corrected chi connectivity index (χ3v) is 6.53. The Morgan fingerprint density at radius 1 is 1.09 bits per heavy atom. The van der Waals surface area contributed by atoms with Crippen LogP contribution < -0.4 is 0 Å². The molecule has 1 aliphatic heterocycles. The summed E-state index contributed by atoms with van der Waals surface area (Å²) in [7, 11) is 0. The number of likely N-dealkylation sites (N-methyl/N-ethyl adjacent to an activating group) is 1. The van der Waals surface area contributed by atoms with Crippen molar-refractivity contribution < 1.29 is 19.1 Å². The monoisotopic (exact) mass is 455 g/mol. The SMILES string of the molecule is CCN(CC)C(=O)CO[C@H]1CN(CCc2ccccc2)C(=O)CN(C(=O)[C@@H]2CC=CCC2)C1. The van der Waals surface area contributed by atoms with Gasteiger partial charge in [-0.1, -0.05) is 42.5 Å². The van der Waals surface area contributed by atoms with Crippen LogP contribution in [0.15, 0.2) is 42.5 Å². The quantitative estimate of drug-likeness (QED) is 0.537. The summed E-state index contributed by atoms with van der Waals surface area (Å²) in [5.41, 5.74) is 1.16. The highest BCUT2D eigenvalue weighted by Gasteiger charge is 2.34. The first kappa shape index (κ1) is 25.0. The molecule has 33 heavy (non-hydrogen) atoms. The zero-order chi connectivity index (χ0) is 23.6. The van der Waals surface area contributed by atoms with Gasteiger partial charge in [-0.3, -0.25) is 14.4 Å². The maximum absolute atomic E-state index is 13.2. The molecule has 180 valence electrons. The molecule has 2 aliphatic rings. The molecule has 3 amide bonds. The Kier molecular flexibility index (Phi) is 9.48. The molecule has 1 saturated heterocycles. The van der Waals surface area contributed by atoms with Gasteiger partial charge in [-0.25, -0.2) is 0 Å². The predicted molar refractivity (Wildman–Crippen MR) is 127 cm³/mol. The van der Waals surface area contributed by atoms with Crippen LogP contribution >= 0.6 is 0 Å². The molecule has 2 atom stereocenters. The van der Waals surface area contributed by atoms with Crippen LogP contribution in [0.1, 0.15) is 38.7 Å². The maximum Gasteiger partial charge on any atom is 0.248 e. The number of hydrogen-bond acceptors (Lipinski definition) is 4. The summed E-state index contributed by atoms with van der Waals surface area (Å²) in [6.45, 7) is 6.44. The summed E-state index contributed by atoms with van der Waals surface area (Å²) in [6, 6.07) is 10.0. The lowest BCUT2D eigenvalue weighted by atomic mass is 9.93. The molecule has 0 N–H and O–H groups in total. The molecular weight excluding hydrogens is 418 g/mol. The van der Waals surface area contributed by atoms with E-state index in [1.54, 1.807) is 14.7 Å². The number of hydrogen-bond donors (Lipinski definition) is 0. The number of allylic oxidation sites excluding steroid dienone is 2. The molecule has 0 saturated carbocycles. The molecule has 0 bridgehead atoms. The van der Waals surface area contributed by atoms with Gasteiger partial charge >= 0.3 is 0 Å². The van der Waals surface area contributed by atoms with E-state index < -0.39 is 6.10 Å². The van der Waals surface area contributed by atoms with Crippen LogP contribution in [0.2, 0.25) is 0 Å². The van der Waals surface area contributed by atoms with Crippen molar-refractivity contribution in [1.82, 2.24) is 14.7 Å². The van der Waals surface area contributed by atoms with Gasteiger partial charge in [0.2, 0.25) is 17.7 Å². The lowest BCUT2D eigenvalue weighted by Crippen LogP contribution is -2.43. The maximum atomic E-state index is 13.2. The minimum Gasteiger partial charge on any atom is -0.365 e. The fourth-order valence-electron chi connectivity index (χ4n) is 4.51. The Morgan fingerprint density at radius 2 is 1.85 bits per heavy atom. The Balaban J connectivity index is 1.69. The highest BCUT2D eigenvalue weighted by molar-refractivity contribution is 5.86. The molecular formula is C26H37N3O4. The molecule has 1 aromatic carbocycles. The Morgan fingerprint density at radius 3 is 2.52 bits per heavy atom. The number of nitrogens with zero attached hydrogens (tertiary/aromatic N) is 3. The standard InChI is InChI=1S/C26H37N3O4/c1-3-27(4-2)25(31)20-33-23-17-28(16-15-21-11-7-5-8-12-21)24(30)19-29(18-23)26(32)22-13-9-6-10-14-22/h5-9,11-12,22-23H,3-4,10,13-20H2,1-2H3/t22-,23+/m1/s1. The topological polar surface area (TPSA) is 70.2 Å². The number of amides is 3. The van der Waals surface area contributed by atoms with Crippen LogP contribution in [0, 0.1) is 5.92 Å². The molecule has 0 aromatic heterocycles. The molecule has 3 rings (SSSR count). The second kappa shape index (κ2) is 12.5. The Bertz CT molecular complexity index is 822. The average Bonchev–Trinajstić information content (AvgIpc) is 3.01. The molecule has 7 nitrogen and oxygen atoms in total. The van der Waals surface area contributed by atoms with E-state index in [0.717, 1.165) is 24.8 Å². The van der Waals surface area contributed by atoms with Crippen molar-refractivity contribution in [2.75, 3.05) is 45.9 Å². The van der Waals surface area contributed by atoms with Crippen molar-refractivity contribution in [3.8, 4) is 0 Å². The first-order valence-corrected chi connectivity index (χ1v) is 12.2. The lowest BCUT2D eigenvalue weighted by molar-refractivity contribution is -0.142. The van der Waals surface area contributed by atoms with Crippen molar-refractivity contribution in [3.63, 3.8) is 0 Å². The second-order valence-electron chi connectivity index (χ2n) is 8.77. The minimum absolute atomic E-state index is 0.0151. The van der Waals surface area contributed by atoms with E-state index >= 15 is 0 Å². The summed E-state index contributed by atoms with van der Waals surface area (Å²) in [6.07, 6.45) is 6.91. The van der Waals surface area contributed by atoms with Gasteiger partial charge in [-0.05, 0) is 45.1 Å². The largest absolute Gasteiger partial charge is 0.365 e. The van der Waals surface area contributed by atoms with Gasteiger partial charge in [0.25, 0.3) is 0 Å². The van der Waals surface area contributed by atoms with Crippen molar-refractivity contribution in [2.24, 2.45) is 5.92 Å². The smallest absolute Gasteiger partial charge is 0.248 e. The molecule has 0 radical (unpaired) electrons. The van der Waals surface area contributed by atoms with E-state index in [4.69, 9.17) is 4.74 Å². The van der Waals surface area contributed by atoms with Crippen LogP contribution in [-0.4, -0.2) is 84.4 Å². The zero-order valence-corrected chi connectivity index (χ0v) is 19.9. The summed E-state index contributed by atoms with van der Waals surface area (Å²) in [5.74, 6) is -0.202. The number of benzene rings is 1.